The average Bonchev–Trinajstić information content (AvgIpc) is 3.11. The number of rotatable bonds is 7. The quantitative estimate of drug-likeness (QED) is 0.308. The van der Waals surface area contributed by atoms with Gasteiger partial charge in [0, 0.05) is 49.6 Å². The van der Waals surface area contributed by atoms with Crippen LogP contribution in [-0.4, -0.2) is 51.8 Å². The number of nitrogens with zero attached hydrogens (tertiary/aromatic N) is 4. The molecule has 0 bridgehead atoms. The molecule has 1 aliphatic heterocycles. The summed E-state index contributed by atoms with van der Waals surface area (Å²) in [5.74, 6) is 0.674. The smallest absolute Gasteiger partial charge is 0.277 e. The summed E-state index contributed by atoms with van der Waals surface area (Å²) in [7, 11) is 2.11. The largest absolute Gasteiger partial charge is 0.350 e. The SMILES string of the molecule is Cc1ccc2c(c1)c(CCNCC1CCN(c3ncc(C(=O)NO)cn3)CC1)cn2C. The molecule has 164 valence electrons. The molecule has 2 aromatic heterocycles. The lowest BCUT2D eigenvalue weighted by molar-refractivity contribution is 0.0705. The second kappa shape index (κ2) is 9.45. The first-order valence-corrected chi connectivity index (χ1v) is 10.8. The minimum atomic E-state index is -0.602. The first-order chi connectivity index (χ1) is 15.0. The van der Waals surface area contributed by atoms with Crippen LogP contribution in [0, 0.1) is 12.8 Å². The highest BCUT2D eigenvalue weighted by molar-refractivity contribution is 5.92. The maximum absolute atomic E-state index is 11.4. The van der Waals surface area contributed by atoms with E-state index < -0.39 is 5.91 Å². The molecule has 0 aliphatic carbocycles. The Morgan fingerprint density at radius 3 is 2.68 bits per heavy atom. The summed E-state index contributed by atoms with van der Waals surface area (Å²) >= 11 is 0. The zero-order valence-electron chi connectivity index (χ0n) is 18.1. The van der Waals surface area contributed by atoms with Gasteiger partial charge in [0.2, 0.25) is 5.95 Å². The summed E-state index contributed by atoms with van der Waals surface area (Å²) in [4.78, 5) is 22.1. The van der Waals surface area contributed by atoms with E-state index in [0.29, 0.717) is 11.9 Å². The van der Waals surface area contributed by atoms with Gasteiger partial charge in [-0.25, -0.2) is 15.4 Å². The highest BCUT2D eigenvalue weighted by Crippen LogP contribution is 2.23. The topological polar surface area (TPSA) is 95.3 Å². The molecule has 1 aliphatic rings. The number of amides is 1. The van der Waals surface area contributed by atoms with Crippen molar-refractivity contribution in [3.05, 3.63) is 53.5 Å². The number of hydrogen-bond acceptors (Lipinski definition) is 6. The van der Waals surface area contributed by atoms with E-state index in [4.69, 9.17) is 5.21 Å². The summed E-state index contributed by atoms with van der Waals surface area (Å²) in [5.41, 5.74) is 5.83. The van der Waals surface area contributed by atoms with Crippen LogP contribution in [-0.2, 0) is 13.5 Å². The fourth-order valence-corrected chi connectivity index (χ4v) is 4.32. The monoisotopic (exact) mass is 422 g/mol. The number of benzene rings is 1. The molecule has 1 fully saturated rings. The molecule has 31 heavy (non-hydrogen) atoms. The summed E-state index contributed by atoms with van der Waals surface area (Å²) in [6.07, 6.45) is 8.33. The second-order valence-electron chi connectivity index (χ2n) is 8.38. The van der Waals surface area contributed by atoms with Crippen LogP contribution in [0.5, 0.6) is 0 Å². The van der Waals surface area contributed by atoms with Crippen LogP contribution in [0.3, 0.4) is 0 Å². The third-order valence-electron chi connectivity index (χ3n) is 6.13. The van der Waals surface area contributed by atoms with Gasteiger partial charge in [-0.05, 0) is 62.9 Å². The Morgan fingerprint density at radius 2 is 1.97 bits per heavy atom. The summed E-state index contributed by atoms with van der Waals surface area (Å²) in [6, 6.07) is 6.65. The molecule has 0 radical (unpaired) electrons. The number of anilines is 1. The Hall–Kier alpha value is -2.97. The molecule has 8 heteroatoms. The van der Waals surface area contributed by atoms with Gasteiger partial charge >= 0.3 is 0 Å². The Morgan fingerprint density at radius 1 is 1.23 bits per heavy atom. The van der Waals surface area contributed by atoms with Gasteiger partial charge in [0.25, 0.3) is 5.91 Å². The van der Waals surface area contributed by atoms with Gasteiger partial charge < -0.3 is 14.8 Å². The first-order valence-electron chi connectivity index (χ1n) is 10.8. The molecule has 0 spiro atoms. The van der Waals surface area contributed by atoms with Crippen molar-refractivity contribution in [2.45, 2.75) is 26.2 Å². The van der Waals surface area contributed by atoms with Crippen molar-refractivity contribution in [2.24, 2.45) is 13.0 Å². The molecule has 3 aromatic rings. The van der Waals surface area contributed by atoms with E-state index in [0.717, 1.165) is 45.4 Å². The van der Waals surface area contributed by atoms with Crippen LogP contribution in [0.2, 0.25) is 0 Å². The molecule has 0 atom stereocenters. The molecule has 1 amide bonds. The zero-order chi connectivity index (χ0) is 21.8. The molecular weight excluding hydrogens is 392 g/mol. The number of carbonyl (C=O) groups excluding carboxylic acids is 1. The maximum Gasteiger partial charge on any atom is 0.277 e. The lowest BCUT2D eigenvalue weighted by Gasteiger charge is -2.32. The number of hydroxylamine groups is 1. The van der Waals surface area contributed by atoms with Crippen molar-refractivity contribution < 1.29 is 10.0 Å². The lowest BCUT2D eigenvalue weighted by Crippen LogP contribution is -2.38. The Bertz CT molecular complexity index is 1040. The van der Waals surface area contributed by atoms with E-state index in [1.807, 2.05) is 0 Å². The average molecular weight is 423 g/mol. The number of aryl methyl sites for hydroxylation is 2. The van der Waals surface area contributed by atoms with Crippen LogP contribution >= 0.6 is 0 Å². The van der Waals surface area contributed by atoms with Crippen molar-refractivity contribution in [3.63, 3.8) is 0 Å². The molecular formula is C23H30N6O2. The van der Waals surface area contributed by atoms with E-state index in [1.165, 1.54) is 34.4 Å². The van der Waals surface area contributed by atoms with E-state index in [9.17, 15) is 4.79 Å². The van der Waals surface area contributed by atoms with Crippen LogP contribution in [0.25, 0.3) is 10.9 Å². The molecule has 0 unspecified atom stereocenters. The number of fused-ring (bicyclic) bond motifs is 1. The zero-order valence-corrected chi connectivity index (χ0v) is 18.1. The maximum atomic E-state index is 11.4. The molecule has 4 rings (SSSR count). The molecule has 1 saturated heterocycles. The number of carbonyl (C=O) groups is 1. The predicted molar refractivity (Wildman–Crippen MR) is 120 cm³/mol. The highest BCUT2D eigenvalue weighted by Gasteiger charge is 2.21. The number of piperidine rings is 1. The third kappa shape index (κ3) is 4.86. The third-order valence-corrected chi connectivity index (χ3v) is 6.13. The fourth-order valence-electron chi connectivity index (χ4n) is 4.32. The Kier molecular flexibility index (Phi) is 6.48. The predicted octanol–water partition coefficient (Wildman–Crippen LogP) is 2.44. The summed E-state index contributed by atoms with van der Waals surface area (Å²) in [6.45, 7) is 5.95. The number of hydrogen-bond donors (Lipinski definition) is 3. The first kappa shape index (κ1) is 21.3. The van der Waals surface area contributed by atoms with Crippen molar-refractivity contribution in [1.29, 1.82) is 0 Å². The van der Waals surface area contributed by atoms with E-state index in [2.05, 4.69) is 63.1 Å². The Balaban J connectivity index is 1.22. The van der Waals surface area contributed by atoms with Gasteiger partial charge in [0.15, 0.2) is 0 Å². The van der Waals surface area contributed by atoms with Crippen molar-refractivity contribution in [3.8, 4) is 0 Å². The van der Waals surface area contributed by atoms with Crippen molar-refractivity contribution in [2.75, 3.05) is 31.1 Å². The van der Waals surface area contributed by atoms with Gasteiger partial charge in [-0.15, -0.1) is 0 Å². The van der Waals surface area contributed by atoms with Gasteiger partial charge in [0.1, 0.15) is 0 Å². The standard InChI is InChI=1S/C23H30N6O2/c1-16-3-4-21-20(11-16)18(15-28(21)2)5-8-24-12-17-6-9-29(10-7-17)23-25-13-19(14-26-23)22(30)27-31/h3-4,11,13-15,17,24,31H,5-10,12H2,1-2H3,(H,27,30). The van der Waals surface area contributed by atoms with Crippen LogP contribution in [0.4, 0.5) is 5.95 Å². The summed E-state index contributed by atoms with van der Waals surface area (Å²) in [5, 5.41) is 13.7. The van der Waals surface area contributed by atoms with Crippen molar-refractivity contribution in [1.82, 2.24) is 25.3 Å². The van der Waals surface area contributed by atoms with Gasteiger partial charge in [-0.2, -0.15) is 0 Å². The number of nitrogens with one attached hydrogen (secondary N) is 2. The van der Waals surface area contributed by atoms with Crippen LogP contribution < -0.4 is 15.7 Å². The molecule has 8 nitrogen and oxygen atoms in total. The van der Waals surface area contributed by atoms with Gasteiger partial charge in [-0.3, -0.25) is 10.0 Å². The normalized spacial score (nSPS) is 14.9. The van der Waals surface area contributed by atoms with E-state index in [1.54, 1.807) is 5.48 Å². The minimum absolute atomic E-state index is 0.242. The van der Waals surface area contributed by atoms with Crippen LogP contribution in [0.15, 0.2) is 36.8 Å². The van der Waals surface area contributed by atoms with Gasteiger partial charge in [-0.1, -0.05) is 11.6 Å². The molecule has 3 N–H and O–H groups in total. The molecule has 1 aromatic carbocycles. The van der Waals surface area contributed by atoms with Gasteiger partial charge in [0.05, 0.1) is 5.56 Å². The molecule has 3 heterocycles. The second-order valence-corrected chi connectivity index (χ2v) is 8.38. The van der Waals surface area contributed by atoms with Crippen molar-refractivity contribution >= 4 is 22.8 Å². The minimum Gasteiger partial charge on any atom is -0.350 e. The van der Waals surface area contributed by atoms with E-state index in [-0.39, 0.29) is 5.56 Å². The summed E-state index contributed by atoms with van der Waals surface area (Å²) < 4.78 is 2.21. The number of aromatic nitrogens is 3. The fraction of sp³-hybridized carbons (Fsp3) is 0.435. The Labute approximate surface area is 182 Å². The molecule has 0 saturated carbocycles. The highest BCUT2D eigenvalue weighted by atomic mass is 16.5. The lowest BCUT2D eigenvalue weighted by atomic mass is 9.97. The van der Waals surface area contributed by atoms with E-state index >= 15 is 0 Å². The van der Waals surface area contributed by atoms with Crippen LogP contribution in [0.1, 0.15) is 34.3 Å².